The van der Waals surface area contributed by atoms with E-state index in [1.54, 1.807) is 18.2 Å². The summed E-state index contributed by atoms with van der Waals surface area (Å²) >= 11 is 3.30. The first kappa shape index (κ1) is 19.0. The molecule has 1 unspecified atom stereocenters. The summed E-state index contributed by atoms with van der Waals surface area (Å²) < 4.78 is 6.12. The van der Waals surface area contributed by atoms with E-state index in [1.165, 1.54) is 13.8 Å². The van der Waals surface area contributed by atoms with Crippen molar-refractivity contribution in [1.82, 2.24) is 10.2 Å². The number of hydrogen-bond acceptors (Lipinski definition) is 4. The minimum absolute atomic E-state index is 0.0885. The van der Waals surface area contributed by atoms with Crippen LogP contribution in [0.5, 0.6) is 5.75 Å². The van der Waals surface area contributed by atoms with Crippen LogP contribution in [-0.4, -0.2) is 53.5 Å². The summed E-state index contributed by atoms with van der Waals surface area (Å²) in [4.78, 5) is 35.4. The van der Waals surface area contributed by atoms with Crippen LogP contribution in [0, 0.1) is 0 Å². The Hall–Kier alpha value is -2.09. The van der Waals surface area contributed by atoms with Crippen LogP contribution in [0.1, 0.15) is 13.8 Å². The second kappa shape index (κ2) is 9.14. The van der Waals surface area contributed by atoms with Crippen LogP contribution in [0.3, 0.4) is 0 Å². The number of ether oxygens (including phenoxy) is 1. The summed E-state index contributed by atoms with van der Waals surface area (Å²) in [5.74, 6) is -1.35. The van der Waals surface area contributed by atoms with Gasteiger partial charge in [-0.2, -0.15) is 0 Å². The minimum atomic E-state index is -1.12. The van der Waals surface area contributed by atoms with Crippen LogP contribution in [0.15, 0.2) is 28.7 Å². The third kappa shape index (κ3) is 6.27. The fourth-order valence-corrected chi connectivity index (χ4v) is 2.20. The lowest BCUT2D eigenvalue weighted by Gasteiger charge is -2.26. The van der Waals surface area contributed by atoms with Crippen molar-refractivity contribution < 1.29 is 24.2 Å². The normalized spacial score (nSPS) is 11.4. The zero-order chi connectivity index (χ0) is 17.4. The SMILES string of the molecule is CC(=O)NCCN(C(=O)COc1ccccc1Br)C(C)C(=O)O. The van der Waals surface area contributed by atoms with E-state index in [4.69, 9.17) is 9.84 Å². The average molecular weight is 387 g/mol. The van der Waals surface area contributed by atoms with Gasteiger partial charge in [0.2, 0.25) is 5.91 Å². The molecule has 0 aliphatic heterocycles. The molecule has 0 heterocycles. The molecule has 0 spiro atoms. The van der Waals surface area contributed by atoms with Crippen molar-refractivity contribution in [2.75, 3.05) is 19.7 Å². The van der Waals surface area contributed by atoms with E-state index in [2.05, 4.69) is 21.2 Å². The lowest BCUT2D eigenvalue weighted by Crippen LogP contribution is -2.48. The zero-order valence-corrected chi connectivity index (χ0v) is 14.5. The third-order valence-corrected chi connectivity index (χ3v) is 3.71. The Bertz CT molecular complexity index is 579. The molecule has 1 rings (SSSR count). The molecule has 1 aromatic rings. The summed E-state index contributed by atoms with van der Waals surface area (Å²) in [6, 6.07) is 6.02. The van der Waals surface area contributed by atoms with E-state index in [0.717, 1.165) is 4.90 Å². The smallest absolute Gasteiger partial charge is 0.326 e. The van der Waals surface area contributed by atoms with Gasteiger partial charge in [-0.25, -0.2) is 4.79 Å². The number of aliphatic carboxylic acids is 1. The topological polar surface area (TPSA) is 95.9 Å². The summed E-state index contributed by atoms with van der Waals surface area (Å²) in [5.41, 5.74) is 0. The summed E-state index contributed by atoms with van der Waals surface area (Å²) in [7, 11) is 0. The monoisotopic (exact) mass is 386 g/mol. The lowest BCUT2D eigenvalue weighted by atomic mass is 10.2. The number of halogens is 1. The molecule has 0 radical (unpaired) electrons. The van der Waals surface area contributed by atoms with Gasteiger partial charge in [0.25, 0.3) is 5.91 Å². The Balaban J connectivity index is 2.68. The van der Waals surface area contributed by atoms with Gasteiger partial charge >= 0.3 is 5.97 Å². The molecule has 0 fully saturated rings. The Labute approximate surface area is 142 Å². The van der Waals surface area contributed by atoms with E-state index in [9.17, 15) is 14.4 Å². The standard InChI is InChI=1S/C15H19BrN2O5/c1-10(15(21)22)18(8-7-17-11(2)19)14(20)9-23-13-6-4-3-5-12(13)16/h3-6,10H,7-9H2,1-2H3,(H,17,19)(H,21,22). The van der Waals surface area contributed by atoms with E-state index < -0.39 is 17.9 Å². The Morgan fingerprint density at radius 3 is 2.57 bits per heavy atom. The maximum Gasteiger partial charge on any atom is 0.326 e. The van der Waals surface area contributed by atoms with Gasteiger partial charge in [-0.15, -0.1) is 0 Å². The first-order valence-electron chi connectivity index (χ1n) is 6.97. The number of hydrogen-bond donors (Lipinski definition) is 2. The molecule has 0 aliphatic carbocycles. The predicted octanol–water partition coefficient (Wildman–Crippen LogP) is 1.27. The van der Waals surface area contributed by atoms with E-state index in [1.807, 2.05) is 6.07 Å². The predicted molar refractivity (Wildman–Crippen MR) is 87.1 cm³/mol. The molecular weight excluding hydrogens is 368 g/mol. The number of para-hydroxylation sites is 1. The van der Waals surface area contributed by atoms with Crippen LogP contribution in [0.2, 0.25) is 0 Å². The number of nitrogens with zero attached hydrogens (tertiary/aromatic N) is 1. The van der Waals surface area contributed by atoms with Crippen LogP contribution in [0.25, 0.3) is 0 Å². The fraction of sp³-hybridized carbons (Fsp3) is 0.400. The highest BCUT2D eigenvalue weighted by molar-refractivity contribution is 9.10. The minimum Gasteiger partial charge on any atom is -0.483 e. The van der Waals surface area contributed by atoms with Gasteiger partial charge in [0.1, 0.15) is 11.8 Å². The zero-order valence-electron chi connectivity index (χ0n) is 12.9. The van der Waals surface area contributed by atoms with Gasteiger partial charge in [0.15, 0.2) is 6.61 Å². The number of carbonyl (C=O) groups excluding carboxylic acids is 2. The van der Waals surface area contributed by atoms with Gasteiger partial charge < -0.3 is 20.1 Å². The van der Waals surface area contributed by atoms with Crippen LogP contribution in [-0.2, 0) is 14.4 Å². The molecule has 0 aliphatic rings. The number of nitrogens with one attached hydrogen (secondary N) is 1. The summed E-state index contributed by atoms with van der Waals surface area (Å²) in [5, 5.41) is 11.6. The molecule has 2 amide bonds. The first-order chi connectivity index (χ1) is 10.8. The van der Waals surface area contributed by atoms with Crippen molar-refractivity contribution in [3.8, 4) is 5.75 Å². The number of amides is 2. The molecule has 8 heteroatoms. The molecule has 126 valence electrons. The maximum atomic E-state index is 12.3. The Morgan fingerprint density at radius 1 is 1.35 bits per heavy atom. The van der Waals surface area contributed by atoms with Crippen LogP contribution >= 0.6 is 15.9 Å². The first-order valence-corrected chi connectivity index (χ1v) is 7.76. The quantitative estimate of drug-likeness (QED) is 0.701. The molecular formula is C15H19BrN2O5. The van der Waals surface area contributed by atoms with Gasteiger partial charge in [0, 0.05) is 20.0 Å². The number of carboxylic acid groups (broad SMARTS) is 1. The van der Waals surface area contributed by atoms with Gasteiger partial charge in [-0.1, -0.05) is 12.1 Å². The van der Waals surface area contributed by atoms with Crippen molar-refractivity contribution in [1.29, 1.82) is 0 Å². The van der Waals surface area contributed by atoms with Gasteiger partial charge in [-0.3, -0.25) is 9.59 Å². The Kier molecular flexibility index (Phi) is 7.53. The van der Waals surface area contributed by atoms with Crippen molar-refractivity contribution in [2.24, 2.45) is 0 Å². The van der Waals surface area contributed by atoms with Crippen molar-refractivity contribution in [3.05, 3.63) is 28.7 Å². The fourth-order valence-electron chi connectivity index (χ4n) is 1.80. The lowest BCUT2D eigenvalue weighted by molar-refractivity contribution is -0.150. The van der Waals surface area contributed by atoms with Crippen LogP contribution in [0.4, 0.5) is 0 Å². The Morgan fingerprint density at radius 2 is 2.00 bits per heavy atom. The van der Waals surface area contributed by atoms with Crippen molar-refractivity contribution >= 4 is 33.7 Å². The average Bonchev–Trinajstić information content (AvgIpc) is 2.49. The van der Waals surface area contributed by atoms with Gasteiger partial charge in [-0.05, 0) is 35.0 Å². The molecule has 23 heavy (non-hydrogen) atoms. The number of benzene rings is 1. The van der Waals surface area contributed by atoms with Crippen molar-refractivity contribution in [3.63, 3.8) is 0 Å². The molecule has 1 aromatic carbocycles. The molecule has 7 nitrogen and oxygen atoms in total. The third-order valence-electron chi connectivity index (χ3n) is 3.06. The highest BCUT2D eigenvalue weighted by atomic mass is 79.9. The van der Waals surface area contributed by atoms with Gasteiger partial charge in [0.05, 0.1) is 4.47 Å². The largest absolute Gasteiger partial charge is 0.483 e. The number of rotatable bonds is 8. The molecule has 0 saturated carbocycles. The molecule has 0 aromatic heterocycles. The molecule has 0 bridgehead atoms. The maximum absolute atomic E-state index is 12.3. The summed E-state index contributed by atoms with van der Waals surface area (Å²) in [6.07, 6.45) is 0. The van der Waals surface area contributed by atoms with E-state index in [0.29, 0.717) is 10.2 Å². The summed E-state index contributed by atoms with van der Waals surface area (Å²) in [6.45, 7) is 2.73. The highest BCUT2D eigenvalue weighted by Crippen LogP contribution is 2.23. The second-order valence-corrected chi connectivity index (χ2v) is 5.66. The number of carboxylic acids is 1. The number of carbonyl (C=O) groups is 3. The van der Waals surface area contributed by atoms with E-state index in [-0.39, 0.29) is 25.6 Å². The molecule has 2 N–H and O–H groups in total. The highest BCUT2D eigenvalue weighted by Gasteiger charge is 2.25. The molecule has 0 saturated heterocycles. The van der Waals surface area contributed by atoms with E-state index >= 15 is 0 Å². The van der Waals surface area contributed by atoms with Crippen LogP contribution < -0.4 is 10.1 Å². The van der Waals surface area contributed by atoms with Crippen molar-refractivity contribution in [2.45, 2.75) is 19.9 Å². The molecule has 1 atom stereocenters. The second-order valence-electron chi connectivity index (χ2n) is 4.80.